The minimum atomic E-state index is 0.197. The van der Waals surface area contributed by atoms with Crippen LogP contribution in [0.15, 0.2) is 48.5 Å². The van der Waals surface area contributed by atoms with E-state index in [1.165, 1.54) is 16.7 Å². The van der Waals surface area contributed by atoms with E-state index in [4.69, 9.17) is 0 Å². The van der Waals surface area contributed by atoms with Crippen LogP contribution in [0.2, 0.25) is 0 Å². The topological polar surface area (TPSA) is 23.6 Å². The van der Waals surface area contributed by atoms with Crippen molar-refractivity contribution in [2.45, 2.75) is 25.8 Å². The third-order valence-corrected chi connectivity index (χ3v) is 4.47. The Hall–Kier alpha value is -2.13. The van der Waals surface area contributed by atoms with Gasteiger partial charge in [-0.2, -0.15) is 0 Å². The fourth-order valence-corrected chi connectivity index (χ4v) is 3.14. The second kappa shape index (κ2) is 6.97. The van der Waals surface area contributed by atoms with Crippen molar-refractivity contribution in [2.75, 3.05) is 25.5 Å². The predicted molar refractivity (Wildman–Crippen MR) is 94.7 cm³/mol. The summed E-state index contributed by atoms with van der Waals surface area (Å²) in [7, 11) is 4.01. The predicted octanol–water partition coefficient (Wildman–Crippen LogP) is 3.27. The number of fused-ring (bicyclic) bond motifs is 2. The van der Waals surface area contributed by atoms with E-state index in [2.05, 4.69) is 47.4 Å². The summed E-state index contributed by atoms with van der Waals surface area (Å²) < 4.78 is 0. The number of carbonyl (C=O) groups excluding carboxylic acids is 1. The molecule has 0 unspecified atom stereocenters. The minimum absolute atomic E-state index is 0.197. The molecule has 0 radical (unpaired) electrons. The molecule has 1 amide bonds. The van der Waals surface area contributed by atoms with Gasteiger partial charge in [0.1, 0.15) is 0 Å². The second-order valence-electron chi connectivity index (χ2n) is 6.43. The van der Waals surface area contributed by atoms with E-state index < -0.39 is 0 Å². The summed E-state index contributed by atoms with van der Waals surface area (Å²) in [6.07, 6.45) is 2.56. The van der Waals surface area contributed by atoms with Crippen LogP contribution in [0.3, 0.4) is 0 Å². The summed E-state index contributed by atoms with van der Waals surface area (Å²) in [5.41, 5.74) is 4.96. The largest absolute Gasteiger partial charge is 0.309 e. The molecule has 0 spiro atoms. The van der Waals surface area contributed by atoms with Gasteiger partial charge in [0.2, 0.25) is 5.91 Å². The number of amides is 1. The van der Waals surface area contributed by atoms with Gasteiger partial charge in [0.25, 0.3) is 0 Å². The molecule has 0 aliphatic carbocycles. The first-order valence-corrected chi connectivity index (χ1v) is 8.25. The van der Waals surface area contributed by atoms with Crippen molar-refractivity contribution in [3.05, 3.63) is 65.2 Å². The molecular weight excluding hydrogens is 284 g/mol. The molecule has 120 valence electrons. The van der Waals surface area contributed by atoms with Crippen molar-refractivity contribution in [3.8, 4) is 0 Å². The van der Waals surface area contributed by atoms with Crippen LogP contribution >= 0.6 is 0 Å². The first-order valence-electron chi connectivity index (χ1n) is 8.25. The fourth-order valence-electron chi connectivity index (χ4n) is 3.14. The van der Waals surface area contributed by atoms with Gasteiger partial charge in [-0.05, 0) is 49.7 Å². The molecule has 2 aromatic carbocycles. The van der Waals surface area contributed by atoms with Crippen molar-refractivity contribution in [1.82, 2.24) is 4.90 Å². The maximum Gasteiger partial charge on any atom is 0.228 e. The second-order valence-corrected chi connectivity index (χ2v) is 6.43. The zero-order chi connectivity index (χ0) is 16.2. The van der Waals surface area contributed by atoms with Gasteiger partial charge < -0.3 is 9.80 Å². The Morgan fingerprint density at radius 2 is 1.57 bits per heavy atom. The molecule has 1 aliphatic heterocycles. The molecule has 0 atom stereocenters. The van der Waals surface area contributed by atoms with E-state index in [0.717, 1.165) is 25.1 Å². The number of carbonyl (C=O) groups is 1. The summed E-state index contributed by atoms with van der Waals surface area (Å²) in [5, 5.41) is 0. The molecule has 2 aromatic rings. The molecule has 3 nitrogen and oxygen atoms in total. The Kier molecular flexibility index (Phi) is 4.77. The van der Waals surface area contributed by atoms with E-state index in [1.54, 1.807) is 0 Å². The zero-order valence-corrected chi connectivity index (χ0v) is 14.0. The highest BCUT2D eigenvalue weighted by Gasteiger charge is 2.22. The number of anilines is 1. The van der Waals surface area contributed by atoms with Crippen LogP contribution in [0.1, 0.15) is 23.1 Å². The zero-order valence-electron chi connectivity index (χ0n) is 14.0. The number of rotatable bonds is 3. The van der Waals surface area contributed by atoms with E-state index in [-0.39, 0.29) is 5.91 Å². The lowest BCUT2D eigenvalue weighted by Gasteiger charge is -2.29. The van der Waals surface area contributed by atoms with E-state index in [1.807, 2.05) is 25.1 Å². The first-order chi connectivity index (χ1) is 11.1. The van der Waals surface area contributed by atoms with Crippen LogP contribution < -0.4 is 4.90 Å². The summed E-state index contributed by atoms with van der Waals surface area (Å²) in [4.78, 5) is 16.9. The number of nitrogens with zero attached hydrogens (tertiary/aromatic N) is 2. The molecule has 0 saturated carbocycles. The normalized spacial score (nSPS) is 14.0. The molecule has 0 fully saturated rings. The maximum atomic E-state index is 12.8. The molecule has 0 saturated heterocycles. The van der Waals surface area contributed by atoms with Crippen LogP contribution in [0, 0.1) is 0 Å². The summed E-state index contributed by atoms with van der Waals surface area (Å²) in [6, 6.07) is 16.8. The van der Waals surface area contributed by atoms with Gasteiger partial charge in [-0.1, -0.05) is 42.5 Å². The Morgan fingerprint density at radius 1 is 0.957 bits per heavy atom. The van der Waals surface area contributed by atoms with Gasteiger partial charge in [0, 0.05) is 18.7 Å². The number of hydrogen-bond donors (Lipinski definition) is 0. The van der Waals surface area contributed by atoms with E-state index in [9.17, 15) is 4.79 Å². The third kappa shape index (κ3) is 3.62. The number of benzene rings is 2. The molecule has 23 heavy (non-hydrogen) atoms. The molecule has 1 aliphatic rings. The SMILES string of the molecule is CN(C)CCC(=O)N1Cc2ccccc2CCc2ccccc21. The minimum Gasteiger partial charge on any atom is -0.309 e. The Morgan fingerprint density at radius 3 is 2.30 bits per heavy atom. The maximum absolute atomic E-state index is 12.8. The molecule has 3 rings (SSSR count). The monoisotopic (exact) mass is 308 g/mol. The van der Waals surface area contributed by atoms with Gasteiger partial charge in [0.15, 0.2) is 0 Å². The van der Waals surface area contributed by atoms with Crippen LogP contribution in [-0.4, -0.2) is 31.4 Å². The van der Waals surface area contributed by atoms with E-state index >= 15 is 0 Å². The third-order valence-electron chi connectivity index (χ3n) is 4.47. The molecule has 0 N–H and O–H groups in total. The van der Waals surface area contributed by atoms with Crippen molar-refractivity contribution < 1.29 is 4.79 Å². The van der Waals surface area contributed by atoms with Crippen molar-refractivity contribution in [2.24, 2.45) is 0 Å². The standard InChI is InChI=1S/C20H24N2O/c1-21(2)14-13-20(23)22-15-18-9-4-3-7-16(18)11-12-17-8-5-6-10-19(17)22/h3-10H,11-15H2,1-2H3. The highest BCUT2D eigenvalue weighted by atomic mass is 16.2. The van der Waals surface area contributed by atoms with Gasteiger partial charge in [-0.25, -0.2) is 0 Å². The van der Waals surface area contributed by atoms with Crippen molar-refractivity contribution in [1.29, 1.82) is 0 Å². The highest BCUT2D eigenvalue weighted by molar-refractivity contribution is 5.94. The van der Waals surface area contributed by atoms with Crippen LogP contribution in [0.4, 0.5) is 5.69 Å². The van der Waals surface area contributed by atoms with Gasteiger partial charge >= 0.3 is 0 Å². The molecule has 1 heterocycles. The first kappa shape index (κ1) is 15.8. The van der Waals surface area contributed by atoms with Crippen LogP contribution in [-0.2, 0) is 24.2 Å². The summed E-state index contributed by atoms with van der Waals surface area (Å²) in [5.74, 6) is 0.197. The average molecular weight is 308 g/mol. The lowest BCUT2D eigenvalue weighted by atomic mass is 9.95. The molecular formula is C20H24N2O. The van der Waals surface area contributed by atoms with E-state index in [0.29, 0.717) is 13.0 Å². The lowest BCUT2D eigenvalue weighted by Crippen LogP contribution is -2.34. The Labute approximate surface area is 138 Å². The lowest BCUT2D eigenvalue weighted by molar-refractivity contribution is -0.119. The molecule has 3 heteroatoms. The summed E-state index contributed by atoms with van der Waals surface area (Å²) >= 11 is 0. The Bertz CT molecular complexity index is 694. The van der Waals surface area contributed by atoms with Crippen LogP contribution in [0.5, 0.6) is 0 Å². The molecule has 0 aromatic heterocycles. The number of aryl methyl sites for hydroxylation is 2. The highest BCUT2D eigenvalue weighted by Crippen LogP contribution is 2.28. The fraction of sp³-hybridized carbons (Fsp3) is 0.350. The van der Waals surface area contributed by atoms with Crippen molar-refractivity contribution in [3.63, 3.8) is 0 Å². The molecule has 0 bridgehead atoms. The van der Waals surface area contributed by atoms with Gasteiger partial charge in [0.05, 0.1) is 6.54 Å². The van der Waals surface area contributed by atoms with Crippen LogP contribution in [0.25, 0.3) is 0 Å². The Balaban J connectivity index is 1.95. The number of para-hydroxylation sites is 1. The quantitative estimate of drug-likeness (QED) is 0.869. The number of hydrogen-bond acceptors (Lipinski definition) is 2. The smallest absolute Gasteiger partial charge is 0.228 e. The van der Waals surface area contributed by atoms with Gasteiger partial charge in [-0.15, -0.1) is 0 Å². The summed E-state index contributed by atoms with van der Waals surface area (Å²) in [6.45, 7) is 1.44. The van der Waals surface area contributed by atoms with Gasteiger partial charge in [-0.3, -0.25) is 4.79 Å². The van der Waals surface area contributed by atoms with Crippen molar-refractivity contribution >= 4 is 11.6 Å². The average Bonchev–Trinajstić information content (AvgIpc) is 2.55.